The highest BCUT2D eigenvalue weighted by Crippen LogP contribution is 2.38. The Hall–Kier alpha value is -1.93. The topological polar surface area (TPSA) is 16.1 Å². The molecule has 0 aliphatic carbocycles. The third-order valence-electron chi connectivity index (χ3n) is 4.74. The van der Waals surface area contributed by atoms with Gasteiger partial charge in [0, 0.05) is 24.8 Å². The van der Waals surface area contributed by atoms with Crippen molar-refractivity contribution in [1.82, 2.24) is 9.88 Å². The number of pyridine rings is 1. The Labute approximate surface area is 126 Å². The zero-order chi connectivity index (χ0) is 14.1. The maximum absolute atomic E-state index is 4.52. The Balaban J connectivity index is 1.57. The molecule has 2 nitrogen and oxygen atoms in total. The molecule has 0 N–H and O–H groups in total. The monoisotopic (exact) mass is 276 g/mol. The minimum absolute atomic E-state index is 0.584. The van der Waals surface area contributed by atoms with Gasteiger partial charge in [0.15, 0.2) is 0 Å². The number of aromatic nitrogens is 1. The molecule has 21 heavy (non-hydrogen) atoms. The number of nitrogens with zero attached hydrogens (tertiary/aromatic N) is 2. The summed E-state index contributed by atoms with van der Waals surface area (Å²) in [5.74, 6) is 0. The third kappa shape index (κ3) is 2.52. The van der Waals surface area contributed by atoms with Crippen LogP contribution in [-0.2, 0) is 6.54 Å². The summed E-state index contributed by atoms with van der Waals surface area (Å²) in [6.45, 7) is 1.07. The molecule has 3 heterocycles. The molecule has 1 aromatic heterocycles. The van der Waals surface area contributed by atoms with Crippen molar-refractivity contribution in [3.05, 3.63) is 72.1 Å². The highest BCUT2D eigenvalue weighted by atomic mass is 15.2. The summed E-state index contributed by atoms with van der Waals surface area (Å²) in [6, 6.07) is 18.3. The van der Waals surface area contributed by atoms with E-state index in [0.717, 1.165) is 18.7 Å². The average Bonchev–Trinajstić information content (AvgIpc) is 2.78. The van der Waals surface area contributed by atoms with Crippen molar-refractivity contribution in [2.45, 2.75) is 37.9 Å². The summed E-state index contributed by atoms with van der Waals surface area (Å²) in [7, 11) is 0. The number of benzene rings is 1. The lowest BCUT2D eigenvalue weighted by Crippen LogP contribution is -2.37. The fourth-order valence-corrected chi connectivity index (χ4v) is 3.70. The van der Waals surface area contributed by atoms with Gasteiger partial charge in [-0.1, -0.05) is 42.5 Å². The fraction of sp³-hybridized carbons (Fsp3) is 0.316. The highest BCUT2D eigenvalue weighted by molar-refractivity contribution is 5.65. The second kappa shape index (κ2) is 5.45. The van der Waals surface area contributed by atoms with Gasteiger partial charge in [0.25, 0.3) is 0 Å². The molecule has 0 saturated carbocycles. The summed E-state index contributed by atoms with van der Waals surface area (Å²) < 4.78 is 0. The number of hydrogen-bond donors (Lipinski definition) is 0. The second-order valence-electron chi connectivity index (χ2n) is 6.07. The van der Waals surface area contributed by atoms with Crippen molar-refractivity contribution in [2.24, 2.45) is 0 Å². The van der Waals surface area contributed by atoms with Gasteiger partial charge < -0.3 is 0 Å². The van der Waals surface area contributed by atoms with Gasteiger partial charge in [-0.25, -0.2) is 0 Å². The normalized spacial score (nSPS) is 24.9. The lowest BCUT2D eigenvalue weighted by Gasteiger charge is -2.34. The summed E-state index contributed by atoms with van der Waals surface area (Å²) >= 11 is 0. The summed E-state index contributed by atoms with van der Waals surface area (Å²) in [5.41, 5.74) is 4.02. The van der Waals surface area contributed by atoms with Crippen LogP contribution in [-0.4, -0.2) is 22.0 Å². The standard InChI is InChI=1S/C19H20N2/c1-2-6-15(7-3-1)14-21-17-9-10-18(21)13-16(12-17)19-8-4-5-11-20-19/h1-8,11-12,17-18H,9-10,13-14H2. The van der Waals surface area contributed by atoms with Gasteiger partial charge >= 0.3 is 0 Å². The Morgan fingerprint density at radius 3 is 2.62 bits per heavy atom. The van der Waals surface area contributed by atoms with Gasteiger partial charge in [-0.05, 0) is 42.5 Å². The van der Waals surface area contributed by atoms with Crippen LogP contribution in [0.25, 0.3) is 5.57 Å². The van der Waals surface area contributed by atoms with E-state index in [0.29, 0.717) is 12.1 Å². The van der Waals surface area contributed by atoms with Crippen molar-refractivity contribution in [3.8, 4) is 0 Å². The largest absolute Gasteiger partial charge is 0.289 e. The molecule has 2 heteroatoms. The van der Waals surface area contributed by atoms with Gasteiger partial charge in [0.05, 0.1) is 5.69 Å². The molecule has 1 saturated heterocycles. The Bertz CT molecular complexity index is 633. The molecule has 4 rings (SSSR count). The van der Waals surface area contributed by atoms with Crippen LogP contribution in [0.4, 0.5) is 0 Å². The molecular weight excluding hydrogens is 256 g/mol. The molecule has 2 bridgehead atoms. The molecule has 2 atom stereocenters. The Morgan fingerprint density at radius 1 is 1.00 bits per heavy atom. The van der Waals surface area contributed by atoms with Crippen LogP contribution in [0.1, 0.15) is 30.5 Å². The van der Waals surface area contributed by atoms with Crippen molar-refractivity contribution in [2.75, 3.05) is 0 Å². The van der Waals surface area contributed by atoms with E-state index in [-0.39, 0.29) is 0 Å². The maximum atomic E-state index is 4.52. The van der Waals surface area contributed by atoms with Crippen LogP contribution in [0.5, 0.6) is 0 Å². The molecule has 106 valence electrons. The summed E-state index contributed by atoms with van der Waals surface area (Å²) in [6.07, 6.45) is 8.09. The fourth-order valence-electron chi connectivity index (χ4n) is 3.70. The minimum atomic E-state index is 0.584. The second-order valence-corrected chi connectivity index (χ2v) is 6.07. The maximum Gasteiger partial charge on any atom is 0.0659 e. The van der Waals surface area contributed by atoms with E-state index >= 15 is 0 Å². The molecule has 0 amide bonds. The minimum Gasteiger partial charge on any atom is -0.289 e. The predicted octanol–water partition coefficient (Wildman–Crippen LogP) is 3.90. The van der Waals surface area contributed by atoms with Gasteiger partial charge in [-0.15, -0.1) is 0 Å². The first-order valence-corrected chi connectivity index (χ1v) is 7.82. The summed E-state index contributed by atoms with van der Waals surface area (Å²) in [4.78, 5) is 7.19. The zero-order valence-corrected chi connectivity index (χ0v) is 12.2. The van der Waals surface area contributed by atoms with Crippen molar-refractivity contribution in [3.63, 3.8) is 0 Å². The van der Waals surface area contributed by atoms with E-state index in [4.69, 9.17) is 0 Å². The number of fused-ring (bicyclic) bond motifs is 2. The third-order valence-corrected chi connectivity index (χ3v) is 4.74. The Morgan fingerprint density at radius 2 is 1.86 bits per heavy atom. The first kappa shape index (κ1) is 12.8. The first-order valence-electron chi connectivity index (χ1n) is 7.82. The molecule has 2 aliphatic heterocycles. The highest BCUT2D eigenvalue weighted by Gasteiger charge is 2.36. The average molecular weight is 276 g/mol. The number of rotatable bonds is 3. The molecule has 2 aliphatic rings. The van der Waals surface area contributed by atoms with Gasteiger partial charge in [-0.2, -0.15) is 0 Å². The first-order chi connectivity index (χ1) is 10.4. The van der Waals surface area contributed by atoms with Crippen molar-refractivity contribution < 1.29 is 0 Å². The summed E-state index contributed by atoms with van der Waals surface area (Å²) in [5, 5.41) is 0. The lowest BCUT2D eigenvalue weighted by molar-refractivity contribution is 0.203. The van der Waals surface area contributed by atoms with Crippen LogP contribution < -0.4 is 0 Å². The molecule has 1 fully saturated rings. The predicted molar refractivity (Wildman–Crippen MR) is 85.6 cm³/mol. The van der Waals surface area contributed by atoms with Crippen molar-refractivity contribution in [1.29, 1.82) is 0 Å². The van der Waals surface area contributed by atoms with E-state index in [1.54, 1.807) is 0 Å². The SMILES string of the molecule is C1=C(c2ccccn2)CC2CCC1N2Cc1ccccc1. The Kier molecular flexibility index (Phi) is 3.32. The smallest absolute Gasteiger partial charge is 0.0659 e. The van der Waals surface area contributed by atoms with E-state index < -0.39 is 0 Å². The molecule has 1 aromatic carbocycles. The van der Waals surface area contributed by atoms with E-state index in [1.165, 1.54) is 24.0 Å². The van der Waals surface area contributed by atoms with E-state index in [2.05, 4.69) is 58.4 Å². The van der Waals surface area contributed by atoms with Crippen LogP contribution in [0.15, 0.2) is 60.8 Å². The van der Waals surface area contributed by atoms with Crippen LogP contribution in [0.3, 0.4) is 0 Å². The van der Waals surface area contributed by atoms with Crippen molar-refractivity contribution >= 4 is 5.57 Å². The number of hydrogen-bond acceptors (Lipinski definition) is 2. The van der Waals surface area contributed by atoms with Crippen LogP contribution >= 0.6 is 0 Å². The van der Waals surface area contributed by atoms with Crippen LogP contribution in [0.2, 0.25) is 0 Å². The molecule has 0 spiro atoms. The van der Waals surface area contributed by atoms with Gasteiger partial charge in [-0.3, -0.25) is 9.88 Å². The molecule has 0 radical (unpaired) electrons. The lowest BCUT2D eigenvalue weighted by atomic mass is 9.97. The zero-order valence-electron chi connectivity index (χ0n) is 12.2. The van der Waals surface area contributed by atoms with E-state index in [9.17, 15) is 0 Å². The molecule has 2 unspecified atom stereocenters. The van der Waals surface area contributed by atoms with Gasteiger partial charge in [0.1, 0.15) is 0 Å². The molecular formula is C19H20N2. The quantitative estimate of drug-likeness (QED) is 0.845. The van der Waals surface area contributed by atoms with Gasteiger partial charge in [0.2, 0.25) is 0 Å². The van der Waals surface area contributed by atoms with E-state index in [1.807, 2.05) is 12.3 Å². The molecule has 2 aromatic rings. The van der Waals surface area contributed by atoms with Crippen LogP contribution in [0, 0.1) is 0 Å².